The predicted molar refractivity (Wildman–Crippen MR) is 89.7 cm³/mol. The first kappa shape index (κ1) is 19.3. The summed E-state index contributed by atoms with van der Waals surface area (Å²) in [6.07, 6.45) is 0.840. The van der Waals surface area contributed by atoms with Crippen LogP contribution < -0.4 is 10.1 Å². The van der Waals surface area contributed by atoms with Gasteiger partial charge in [0.15, 0.2) is 0 Å². The van der Waals surface area contributed by atoms with Crippen LogP contribution in [0, 0.1) is 12.8 Å². The number of rotatable bonds is 8. The molecular formula is C17H24ClNO4. The highest BCUT2D eigenvalue weighted by molar-refractivity contribution is 6.30. The average molecular weight is 342 g/mol. The Bertz CT molecular complexity index is 545. The van der Waals surface area contributed by atoms with E-state index in [9.17, 15) is 9.59 Å². The van der Waals surface area contributed by atoms with E-state index >= 15 is 0 Å². The smallest absolute Gasteiger partial charge is 0.328 e. The van der Waals surface area contributed by atoms with Gasteiger partial charge in [0.1, 0.15) is 11.8 Å². The van der Waals surface area contributed by atoms with Crippen molar-refractivity contribution in [2.45, 2.75) is 39.7 Å². The molecule has 1 unspecified atom stereocenters. The Morgan fingerprint density at radius 2 is 2.00 bits per heavy atom. The first-order valence-electron chi connectivity index (χ1n) is 7.61. The quantitative estimate of drug-likeness (QED) is 0.583. The first-order chi connectivity index (χ1) is 10.8. The van der Waals surface area contributed by atoms with Gasteiger partial charge in [0, 0.05) is 11.4 Å². The Hall–Kier alpha value is -1.75. The van der Waals surface area contributed by atoms with Crippen LogP contribution >= 0.6 is 11.6 Å². The number of benzene rings is 1. The van der Waals surface area contributed by atoms with Gasteiger partial charge < -0.3 is 14.8 Å². The van der Waals surface area contributed by atoms with E-state index in [0.29, 0.717) is 18.1 Å². The van der Waals surface area contributed by atoms with Crippen molar-refractivity contribution in [1.29, 1.82) is 0 Å². The van der Waals surface area contributed by atoms with Gasteiger partial charge in [-0.3, -0.25) is 4.79 Å². The summed E-state index contributed by atoms with van der Waals surface area (Å²) in [5.41, 5.74) is 0.951. The maximum atomic E-state index is 11.9. The van der Waals surface area contributed by atoms with Crippen LogP contribution in [0.1, 0.15) is 32.3 Å². The van der Waals surface area contributed by atoms with Crippen molar-refractivity contribution in [3.8, 4) is 5.75 Å². The molecule has 1 aromatic rings. The number of amides is 1. The Morgan fingerprint density at radius 1 is 1.30 bits per heavy atom. The van der Waals surface area contributed by atoms with Gasteiger partial charge in [0.05, 0.1) is 13.7 Å². The molecule has 0 saturated carbocycles. The molecule has 0 aromatic heterocycles. The number of aryl methyl sites for hydroxylation is 1. The third-order valence-electron chi connectivity index (χ3n) is 3.38. The van der Waals surface area contributed by atoms with Crippen LogP contribution in [0.15, 0.2) is 18.2 Å². The maximum absolute atomic E-state index is 11.9. The Labute approximate surface area is 142 Å². The molecular weight excluding hydrogens is 318 g/mol. The van der Waals surface area contributed by atoms with Crippen LogP contribution in [-0.4, -0.2) is 31.6 Å². The first-order valence-corrected chi connectivity index (χ1v) is 7.99. The molecule has 0 aliphatic rings. The van der Waals surface area contributed by atoms with Gasteiger partial charge >= 0.3 is 5.97 Å². The summed E-state index contributed by atoms with van der Waals surface area (Å²) in [6, 6.07) is 4.78. The van der Waals surface area contributed by atoms with Crippen molar-refractivity contribution in [1.82, 2.24) is 5.32 Å². The van der Waals surface area contributed by atoms with Crippen molar-refractivity contribution >= 4 is 23.5 Å². The van der Waals surface area contributed by atoms with Crippen molar-refractivity contribution in [2.75, 3.05) is 13.7 Å². The molecule has 5 nitrogen and oxygen atoms in total. The molecule has 128 valence electrons. The number of nitrogens with one attached hydrogen (secondary N) is 1. The summed E-state index contributed by atoms with van der Waals surface area (Å²) in [6.45, 7) is 6.04. The zero-order valence-corrected chi connectivity index (χ0v) is 14.8. The minimum absolute atomic E-state index is 0.0284. The van der Waals surface area contributed by atoms with Gasteiger partial charge in [-0.15, -0.1) is 0 Å². The molecule has 0 spiro atoms. The fourth-order valence-corrected chi connectivity index (χ4v) is 2.29. The Morgan fingerprint density at radius 3 is 2.57 bits per heavy atom. The summed E-state index contributed by atoms with van der Waals surface area (Å²) in [5, 5.41) is 3.36. The van der Waals surface area contributed by atoms with E-state index in [0.717, 1.165) is 11.3 Å². The molecule has 1 atom stereocenters. The Kier molecular flexibility index (Phi) is 7.89. The number of esters is 1. The lowest BCUT2D eigenvalue weighted by molar-refractivity contribution is -0.146. The highest BCUT2D eigenvalue weighted by Crippen LogP contribution is 2.21. The molecule has 0 heterocycles. The summed E-state index contributed by atoms with van der Waals surface area (Å²) < 4.78 is 10.3. The van der Waals surface area contributed by atoms with E-state index in [1.54, 1.807) is 6.07 Å². The normalized spacial score (nSPS) is 11.9. The third-order valence-corrected chi connectivity index (χ3v) is 3.62. The number of hydrogen-bond donors (Lipinski definition) is 1. The summed E-state index contributed by atoms with van der Waals surface area (Å²) in [5.74, 6) is 0.107. The molecule has 0 radical (unpaired) electrons. The predicted octanol–water partition coefficient (Wildman–Crippen LogP) is 3.12. The van der Waals surface area contributed by atoms with E-state index in [4.69, 9.17) is 21.1 Å². The second kappa shape index (κ2) is 9.40. The van der Waals surface area contributed by atoms with Gasteiger partial charge in [-0.2, -0.15) is 0 Å². The standard InChI is InChI=1S/C17H24ClNO4/c1-11(2)16(17(21)22-4)19-15(20)6-5-9-23-14-8-7-13(18)10-12(14)3/h7-8,10-11,16H,5-6,9H2,1-4H3,(H,19,20). The minimum Gasteiger partial charge on any atom is -0.493 e. The van der Waals surface area contributed by atoms with Gasteiger partial charge in [0.25, 0.3) is 0 Å². The number of hydrogen-bond acceptors (Lipinski definition) is 4. The van der Waals surface area contributed by atoms with Crippen LogP contribution in [-0.2, 0) is 14.3 Å². The number of carbonyl (C=O) groups is 2. The molecule has 1 N–H and O–H groups in total. The Balaban J connectivity index is 2.37. The largest absolute Gasteiger partial charge is 0.493 e. The molecule has 1 rings (SSSR count). The molecule has 0 saturated heterocycles. The highest BCUT2D eigenvalue weighted by atomic mass is 35.5. The topological polar surface area (TPSA) is 64.6 Å². The second-order valence-corrected chi connectivity index (χ2v) is 6.11. The minimum atomic E-state index is -0.619. The molecule has 1 aromatic carbocycles. The van der Waals surface area contributed by atoms with Crippen molar-refractivity contribution < 1.29 is 19.1 Å². The van der Waals surface area contributed by atoms with Crippen molar-refractivity contribution in [3.05, 3.63) is 28.8 Å². The number of halogens is 1. The zero-order chi connectivity index (χ0) is 17.4. The van der Waals surface area contributed by atoms with E-state index in [1.807, 2.05) is 32.9 Å². The highest BCUT2D eigenvalue weighted by Gasteiger charge is 2.24. The van der Waals surface area contributed by atoms with Crippen molar-refractivity contribution in [3.63, 3.8) is 0 Å². The number of ether oxygens (including phenoxy) is 2. The molecule has 0 aliphatic carbocycles. The lowest BCUT2D eigenvalue weighted by atomic mass is 10.0. The summed E-state index contributed by atoms with van der Waals surface area (Å²) in [7, 11) is 1.31. The average Bonchev–Trinajstić information content (AvgIpc) is 2.49. The van der Waals surface area contributed by atoms with Gasteiger partial charge in [-0.05, 0) is 43.0 Å². The molecule has 23 heavy (non-hydrogen) atoms. The van der Waals surface area contributed by atoms with E-state index in [1.165, 1.54) is 7.11 Å². The van der Waals surface area contributed by atoms with E-state index in [-0.39, 0.29) is 18.2 Å². The van der Waals surface area contributed by atoms with E-state index < -0.39 is 12.0 Å². The van der Waals surface area contributed by atoms with Crippen LogP contribution in [0.5, 0.6) is 5.75 Å². The van der Waals surface area contributed by atoms with Crippen LogP contribution in [0.25, 0.3) is 0 Å². The van der Waals surface area contributed by atoms with E-state index in [2.05, 4.69) is 5.32 Å². The van der Waals surface area contributed by atoms with Gasteiger partial charge in [0.2, 0.25) is 5.91 Å². The molecule has 6 heteroatoms. The third kappa shape index (κ3) is 6.48. The lowest BCUT2D eigenvalue weighted by Crippen LogP contribution is -2.45. The monoisotopic (exact) mass is 341 g/mol. The van der Waals surface area contributed by atoms with Crippen LogP contribution in [0.3, 0.4) is 0 Å². The summed E-state index contributed by atoms with van der Waals surface area (Å²) in [4.78, 5) is 23.5. The fraction of sp³-hybridized carbons (Fsp3) is 0.529. The second-order valence-electron chi connectivity index (χ2n) is 5.67. The lowest BCUT2D eigenvalue weighted by Gasteiger charge is -2.19. The maximum Gasteiger partial charge on any atom is 0.328 e. The zero-order valence-electron chi connectivity index (χ0n) is 14.0. The number of methoxy groups -OCH3 is 1. The van der Waals surface area contributed by atoms with Gasteiger partial charge in [-0.25, -0.2) is 4.79 Å². The molecule has 0 bridgehead atoms. The van der Waals surface area contributed by atoms with Crippen LogP contribution in [0.2, 0.25) is 5.02 Å². The summed E-state index contributed by atoms with van der Waals surface area (Å²) >= 11 is 5.88. The molecule has 0 aliphatic heterocycles. The fourth-order valence-electron chi connectivity index (χ4n) is 2.06. The molecule has 1 amide bonds. The van der Waals surface area contributed by atoms with Crippen LogP contribution in [0.4, 0.5) is 0 Å². The van der Waals surface area contributed by atoms with Crippen molar-refractivity contribution in [2.24, 2.45) is 5.92 Å². The number of carbonyl (C=O) groups excluding carboxylic acids is 2. The molecule has 0 fully saturated rings. The van der Waals surface area contributed by atoms with Gasteiger partial charge in [-0.1, -0.05) is 25.4 Å². The SMILES string of the molecule is COC(=O)C(NC(=O)CCCOc1ccc(Cl)cc1C)C(C)C.